The summed E-state index contributed by atoms with van der Waals surface area (Å²) in [4.78, 5) is 3.44. The van der Waals surface area contributed by atoms with Gasteiger partial charge in [-0.3, -0.25) is 9.71 Å². The zero-order chi connectivity index (χ0) is 17.8. The van der Waals surface area contributed by atoms with E-state index >= 15 is 0 Å². The molecule has 0 aromatic heterocycles. The second kappa shape index (κ2) is 11.7. The van der Waals surface area contributed by atoms with E-state index in [1.807, 2.05) is 53.7 Å². The van der Waals surface area contributed by atoms with Gasteiger partial charge in [0.2, 0.25) is 0 Å². The number of allylic oxidation sites excluding steroid dienone is 1. The van der Waals surface area contributed by atoms with Crippen LogP contribution in [0.15, 0.2) is 47.0 Å². The number of anilines is 1. The first-order chi connectivity index (χ1) is 10.4. The van der Waals surface area contributed by atoms with Crippen molar-refractivity contribution in [3.05, 3.63) is 53.1 Å². The summed E-state index contributed by atoms with van der Waals surface area (Å²) in [5.74, 6) is 0. The maximum Gasteiger partial charge on any atom is 0.263 e. The van der Waals surface area contributed by atoms with Gasteiger partial charge in [0.25, 0.3) is 10.0 Å². The van der Waals surface area contributed by atoms with Gasteiger partial charge in [-0.05, 0) is 43.8 Å². The summed E-state index contributed by atoms with van der Waals surface area (Å²) < 4.78 is 26.6. The van der Waals surface area contributed by atoms with Crippen LogP contribution in [0.4, 0.5) is 5.69 Å². The van der Waals surface area contributed by atoms with Gasteiger partial charge >= 0.3 is 0 Å². The molecule has 0 heterocycles. The fourth-order valence-corrected chi connectivity index (χ4v) is 2.43. The number of aryl methyl sites for hydroxylation is 2. The van der Waals surface area contributed by atoms with Gasteiger partial charge in [-0.15, -0.1) is 0 Å². The van der Waals surface area contributed by atoms with E-state index in [2.05, 4.69) is 23.0 Å². The molecule has 4 nitrogen and oxygen atoms in total. The number of nitrogens with one attached hydrogen (secondary N) is 1. The maximum absolute atomic E-state index is 12.0. The minimum atomic E-state index is -3.67. The highest BCUT2D eigenvalue weighted by molar-refractivity contribution is 7.96. The quantitative estimate of drug-likeness (QED) is 0.623. The lowest BCUT2D eigenvalue weighted by molar-refractivity contribution is 0.607. The van der Waals surface area contributed by atoms with E-state index in [9.17, 15) is 8.42 Å². The number of benzene rings is 1. The molecule has 0 saturated heterocycles. The van der Waals surface area contributed by atoms with Crippen molar-refractivity contribution in [2.45, 2.75) is 41.5 Å². The smallest absolute Gasteiger partial charge is 0.263 e. The SMILES string of the molecule is C=C/C(=C/N=C)S(=O)(=O)Nc1cc(C)ccc1C.CC.CC. The molecule has 0 saturated carbocycles. The Kier molecular flexibility index (Phi) is 12.0. The van der Waals surface area contributed by atoms with Crippen molar-refractivity contribution in [1.82, 2.24) is 0 Å². The Morgan fingerprint density at radius 1 is 1.18 bits per heavy atom. The lowest BCUT2D eigenvalue weighted by Crippen LogP contribution is -2.14. The third-order valence-electron chi connectivity index (χ3n) is 2.37. The fraction of sp³-hybridized carbons (Fsp3) is 0.353. The van der Waals surface area contributed by atoms with E-state index in [4.69, 9.17) is 0 Å². The molecule has 0 radical (unpaired) electrons. The first-order valence-corrected chi connectivity index (χ1v) is 8.77. The summed E-state index contributed by atoms with van der Waals surface area (Å²) in [5.41, 5.74) is 2.37. The highest BCUT2D eigenvalue weighted by Gasteiger charge is 2.15. The predicted octanol–water partition coefficient (Wildman–Crippen LogP) is 4.83. The third-order valence-corrected chi connectivity index (χ3v) is 3.75. The molecule has 0 unspecified atom stereocenters. The molecule has 1 aromatic carbocycles. The summed E-state index contributed by atoms with van der Waals surface area (Å²) in [5, 5.41) is 0. The Morgan fingerprint density at radius 3 is 2.18 bits per heavy atom. The van der Waals surface area contributed by atoms with Gasteiger partial charge in [0.1, 0.15) is 4.91 Å². The number of rotatable bonds is 5. The molecule has 1 rings (SSSR count). The summed E-state index contributed by atoms with van der Waals surface area (Å²) in [6.45, 7) is 18.4. The average Bonchev–Trinajstić information content (AvgIpc) is 2.52. The largest absolute Gasteiger partial charge is 0.279 e. The van der Waals surface area contributed by atoms with E-state index in [0.717, 1.165) is 17.3 Å². The van der Waals surface area contributed by atoms with Crippen LogP contribution in [0.5, 0.6) is 0 Å². The molecule has 0 fully saturated rings. The lowest BCUT2D eigenvalue weighted by Gasteiger charge is -2.11. The van der Waals surface area contributed by atoms with Crippen molar-refractivity contribution >= 4 is 22.4 Å². The van der Waals surface area contributed by atoms with Crippen LogP contribution in [0.25, 0.3) is 0 Å². The second-order valence-electron chi connectivity index (χ2n) is 3.84. The average molecular weight is 324 g/mol. The molecular weight excluding hydrogens is 296 g/mol. The lowest BCUT2D eigenvalue weighted by atomic mass is 10.1. The monoisotopic (exact) mass is 324 g/mol. The minimum Gasteiger partial charge on any atom is -0.279 e. The first-order valence-electron chi connectivity index (χ1n) is 7.29. The highest BCUT2D eigenvalue weighted by Crippen LogP contribution is 2.20. The molecule has 0 aliphatic heterocycles. The van der Waals surface area contributed by atoms with Gasteiger partial charge in [0.05, 0.1) is 5.69 Å². The van der Waals surface area contributed by atoms with Crippen molar-refractivity contribution < 1.29 is 8.42 Å². The molecule has 22 heavy (non-hydrogen) atoms. The van der Waals surface area contributed by atoms with Crippen molar-refractivity contribution in [2.75, 3.05) is 4.72 Å². The Bertz CT molecular complexity index is 603. The van der Waals surface area contributed by atoms with Crippen LogP contribution in [0.3, 0.4) is 0 Å². The Hall–Kier alpha value is -1.88. The molecule has 0 spiro atoms. The maximum atomic E-state index is 12.0. The van der Waals surface area contributed by atoms with Crippen LogP contribution in [0.1, 0.15) is 38.8 Å². The molecule has 0 atom stereocenters. The third kappa shape index (κ3) is 7.22. The van der Waals surface area contributed by atoms with E-state index in [1.54, 1.807) is 6.07 Å². The van der Waals surface area contributed by atoms with Crippen molar-refractivity contribution in [1.29, 1.82) is 0 Å². The van der Waals surface area contributed by atoms with E-state index in [-0.39, 0.29) is 4.91 Å². The number of sulfonamides is 1. The van der Waals surface area contributed by atoms with Crippen LogP contribution < -0.4 is 4.72 Å². The summed E-state index contributed by atoms with van der Waals surface area (Å²) in [6, 6.07) is 5.55. The van der Waals surface area contributed by atoms with Gasteiger partial charge in [0, 0.05) is 6.20 Å². The number of hydrogen-bond donors (Lipinski definition) is 1. The zero-order valence-corrected chi connectivity index (χ0v) is 15.3. The van der Waals surface area contributed by atoms with E-state index in [1.165, 1.54) is 6.08 Å². The predicted molar refractivity (Wildman–Crippen MR) is 99.0 cm³/mol. The number of aliphatic imine (C=N–C) groups is 1. The van der Waals surface area contributed by atoms with E-state index < -0.39 is 10.0 Å². The Morgan fingerprint density at radius 2 is 1.73 bits per heavy atom. The summed E-state index contributed by atoms with van der Waals surface area (Å²) in [6.07, 6.45) is 2.38. The van der Waals surface area contributed by atoms with Crippen molar-refractivity contribution in [3.63, 3.8) is 0 Å². The summed E-state index contributed by atoms with van der Waals surface area (Å²) in [7, 11) is -3.67. The zero-order valence-electron chi connectivity index (χ0n) is 14.5. The molecule has 0 aliphatic carbocycles. The van der Waals surface area contributed by atoms with Crippen LogP contribution in [0, 0.1) is 13.8 Å². The van der Waals surface area contributed by atoms with Crippen LogP contribution in [-0.2, 0) is 10.0 Å². The Balaban J connectivity index is 0. The number of nitrogens with zero attached hydrogens (tertiary/aromatic N) is 1. The molecule has 0 aliphatic rings. The second-order valence-corrected chi connectivity index (χ2v) is 5.52. The van der Waals surface area contributed by atoms with E-state index in [0.29, 0.717) is 5.69 Å². The Labute approximate surface area is 135 Å². The topological polar surface area (TPSA) is 58.5 Å². The molecule has 1 aromatic rings. The first kappa shape index (κ1) is 22.4. The van der Waals surface area contributed by atoms with Gasteiger partial charge in [-0.1, -0.05) is 46.4 Å². The standard InChI is InChI=1S/C13H16N2O2S.2C2H6/c1-5-12(9-14-4)18(16,17)15-13-8-10(2)6-7-11(13)3;2*1-2/h5-9,15H,1,4H2,2-3H3;2*1-2H3/b12-9-;;. The minimum absolute atomic E-state index is 0.0154. The van der Waals surface area contributed by atoms with Gasteiger partial charge < -0.3 is 0 Å². The summed E-state index contributed by atoms with van der Waals surface area (Å²) >= 11 is 0. The van der Waals surface area contributed by atoms with Gasteiger partial charge in [-0.25, -0.2) is 8.42 Å². The van der Waals surface area contributed by atoms with Crippen molar-refractivity contribution in [2.24, 2.45) is 4.99 Å². The normalized spacial score (nSPS) is 10.4. The molecule has 0 bridgehead atoms. The van der Waals surface area contributed by atoms with Crippen molar-refractivity contribution in [3.8, 4) is 0 Å². The highest BCUT2D eigenvalue weighted by atomic mass is 32.2. The van der Waals surface area contributed by atoms with Crippen LogP contribution in [-0.4, -0.2) is 15.1 Å². The van der Waals surface area contributed by atoms with Gasteiger partial charge in [-0.2, -0.15) is 0 Å². The number of hydrogen-bond acceptors (Lipinski definition) is 3. The van der Waals surface area contributed by atoms with Gasteiger partial charge in [0.15, 0.2) is 0 Å². The molecular formula is C17H28N2O2S. The molecule has 124 valence electrons. The molecule has 0 amide bonds. The van der Waals surface area contributed by atoms with Crippen LogP contribution in [0.2, 0.25) is 0 Å². The molecule has 1 N–H and O–H groups in total. The molecule has 5 heteroatoms. The van der Waals surface area contributed by atoms with Crippen LogP contribution >= 0.6 is 0 Å². The fourth-order valence-electron chi connectivity index (χ4n) is 1.37.